The smallest absolute Gasteiger partial charge is 0.264 e. The monoisotopic (exact) mass is 615 g/mol. The van der Waals surface area contributed by atoms with Crippen LogP contribution in [-0.2, 0) is 32.6 Å². The molecule has 1 N–H and O–H groups in total. The van der Waals surface area contributed by atoms with E-state index < -0.39 is 34.3 Å². The summed E-state index contributed by atoms with van der Waals surface area (Å²) < 4.78 is 43.9. The molecule has 44 heavy (non-hydrogen) atoms. The van der Waals surface area contributed by atoms with Gasteiger partial charge in [-0.1, -0.05) is 91.9 Å². The summed E-state index contributed by atoms with van der Waals surface area (Å²) >= 11 is 0. The first-order chi connectivity index (χ1) is 21.1. The predicted octanol–water partition coefficient (Wildman–Crippen LogP) is 5.88. The minimum atomic E-state index is -4.37. The summed E-state index contributed by atoms with van der Waals surface area (Å²) in [4.78, 5) is 29.6. The summed E-state index contributed by atoms with van der Waals surface area (Å²) in [5, 5.41) is 3.01. The largest absolute Gasteiger partial charge is 0.352 e. The second-order valence-corrected chi connectivity index (χ2v) is 12.6. The molecule has 0 spiro atoms. The number of rotatable bonds is 13. The van der Waals surface area contributed by atoms with E-state index in [0.29, 0.717) is 6.42 Å². The Morgan fingerprint density at radius 2 is 1.43 bits per heavy atom. The molecule has 230 valence electrons. The first-order valence-corrected chi connectivity index (χ1v) is 16.1. The van der Waals surface area contributed by atoms with E-state index in [-0.39, 0.29) is 35.5 Å². The number of amides is 2. The van der Waals surface area contributed by atoms with Crippen molar-refractivity contribution in [1.82, 2.24) is 10.2 Å². The van der Waals surface area contributed by atoms with Gasteiger partial charge in [0.05, 0.1) is 10.6 Å². The van der Waals surface area contributed by atoms with E-state index in [1.165, 1.54) is 35.2 Å². The van der Waals surface area contributed by atoms with E-state index in [1.54, 1.807) is 18.2 Å². The molecule has 0 aliphatic rings. The minimum Gasteiger partial charge on any atom is -0.352 e. The van der Waals surface area contributed by atoms with Crippen LogP contribution in [-0.4, -0.2) is 43.8 Å². The van der Waals surface area contributed by atoms with Gasteiger partial charge in [-0.3, -0.25) is 13.9 Å². The highest BCUT2D eigenvalue weighted by Gasteiger charge is 2.35. The SMILES string of the molecule is CC[C@@H](C)NC(=O)[C@@H](Cc1ccccc1)N(Cc1ccccc1C)C(=O)CN(c1ccccc1F)S(=O)(=O)c1ccccc1. The van der Waals surface area contributed by atoms with Crippen molar-refractivity contribution in [3.05, 3.63) is 132 Å². The molecule has 2 atom stereocenters. The maximum atomic E-state index is 15.2. The molecule has 0 saturated carbocycles. The van der Waals surface area contributed by atoms with E-state index in [1.807, 2.05) is 75.4 Å². The summed E-state index contributed by atoms with van der Waals surface area (Å²) in [5.74, 6) is -1.79. The van der Waals surface area contributed by atoms with Gasteiger partial charge in [0.1, 0.15) is 18.4 Å². The van der Waals surface area contributed by atoms with Crippen LogP contribution in [0.1, 0.15) is 37.0 Å². The Balaban J connectivity index is 1.82. The first kappa shape index (κ1) is 32.4. The molecule has 0 aliphatic heterocycles. The Kier molecular flexibility index (Phi) is 10.9. The fourth-order valence-electron chi connectivity index (χ4n) is 4.85. The van der Waals surface area contributed by atoms with Crippen LogP contribution in [0.15, 0.2) is 114 Å². The van der Waals surface area contributed by atoms with Crippen molar-refractivity contribution in [2.24, 2.45) is 0 Å². The number of aryl methyl sites for hydroxylation is 1. The van der Waals surface area contributed by atoms with E-state index in [9.17, 15) is 18.0 Å². The topological polar surface area (TPSA) is 86.8 Å². The van der Waals surface area contributed by atoms with Crippen molar-refractivity contribution in [2.45, 2.75) is 57.1 Å². The van der Waals surface area contributed by atoms with Crippen LogP contribution < -0.4 is 9.62 Å². The lowest BCUT2D eigenvalue weighted by molar-refractivity contribution is -0.140. The van der Waals surface area contributed by atoms with Crippen LogP contribution in [0.3, 0.4) is 0 Å². The highest BCUT2D eigenvalue weighted by molar-refractivity contribution is 7.92. The quantitative estimate of drug-likeness (QED) is 0.203. The normalized spacial score (nSPS) is 12.6. The number of halogens is 1. The van der Waals surface area contributed by atoms with E-state index in [4.69, 9.17) is 0 Å². The zero-order chi connectivity index (χ0) is 31.7. The van der Waals surface area contributed by atoms with Crippen LogP contribution in [0.2, 0.25) is 0 Å². The fraction of sp³-hybridized carbons (Fsp3) is 0.257. The van der Waals surface area contributed by atoms with Crippen LogP contribution >= 0.6 is 0 Å². The second kappa shape index (κ2) is 14.8. The van der Waals surface area contributed by atoms with Crippen LogP contribution in [0.5, 0.6) is 0 Å². The number of carbonyl (C=O) groups excluding carboxylic acids is 2. The van der Waals surface area contributed by atoms with Gasteiger partial charge in [-0.05, 0) is 61.2 Å². The molecule has 2 amide bonds. The number of para-hydroxylation sites is 1. The maximum absolute atomic E-state index is 15.2. The molecular formula is C35H38FN3O4S. The number of carbonyl (C=O) groups is 2. The van der Waals surface area contributed by atoms with E-state index in [2.05, 4.69) is 5.32 Å². The number of sulfonamides is 1. The van der Waals surface area contributed by atoms with Gasteiger partial charge < -0.3 is 10.2 Å². The van der Waals surface area contributed by atoms with Gasteiger partial charge in [-0.2, -0.15) is 0 Å². The zero-order valence-electron chi connectivity index (χ0n) is 25.2. The molecule has 0 bridgehead atoms. The third kappa shape index (κ3) is 7.90. The third-order valence-corrected chi connectivity index (χ3v) is 9.38. The van der Waals surface area contributed by atoms with Crippen molar-refractivity contribution < 1.29 is 22.4 Å². The Hall–Kier alpha value is -4.50. The number of benzene rings is 4. The van der Waals surface area contributed by atoms with Crippen molar-refractivity contribution in [3.63, 3.8) is 0 Å². The van der Waals surface area contributed by atoms with Gasteiger partial charge in [0.25, 0.3) is 10.0 Å². The van der Waals surface area contributed by atoms with Gasteiger partial charge >= 0.3 is 0 Å². The van der Waals surface area contributed by atoms with Gasteiger partial charge in [0.15, 0.2) is 0 Å². The van der Waals surface area contributed by atoms with Crippen molar-refractivity contribution >= 4 is 27.5 Å². The molecule has 0 aliphatic carbocycles. The molecule has 0 aromatic heterocycles. The Labute approximate surface area is 259 Å². The summed E-state index contributed by atoms with van der Waals surface area (Å²) in [6, 6.07) is 28.8. The van der Waals surface area contributed by atoms with Crippen LogP contribution in [0.25, 0.3) is 0 Å². The summed E-state index contributed by atoms with van der Waals surface area (Å²) in [5.41, 5.74) is 2.29. The standard InChI is InChI=1S/C35H38FN3O4S/c1-4-27(3)37-35(41)33(23-28-16-7-5-8-17-28)38(24-29-18-12-11-15-26(29)2)34(40)25-39(32-22-14-13-21-31(32)36)44(42,43)30-19-9-6-10-20-30/h5-22,27,33H,4,23-25H2,1-3H3,(H,37,41)/t27-,33-/m1/s1. The van der Waals surface area contributed by atoms with Gasteiger partial charge in [0.2, 0.25) is 11.8 Å². The number of nitrogens with zero attached hydrogens (tertiary/aromatic N) is 2. The summed E-state index contributed by atoms with van der Waals surface area (Å²) in [6.45, 7) is 5.08. The molecule has 4 aromatic carbocycles. The van der Waals surface area contributed by atoms with E-state index >= 15 is 4.39 Å². The molecule has 4 aromatic rings. The first-order valence-electron chi connectivity index (χ1n) is 14.6. The average Bonchev–Trinajstić information content (AvgIpc) is 3.03. The van der Waals surface area contributed by atoms with Gasteiger partial charge in [0, 0.05) is 19.0 Å². The molecule has 0 radical (unpaired) electrons. The summed E-state index contributed by atoms with van der Waals surface area (Å²) in [6.07, 6.45) is 0.887. The van der Waals surface area contributed by atoms with Crippen molar-refractivity contribution in [2.75, 3.05) is 10.8 Å². The second-order valence-electron chi connectivity index (χ2n) is 10.7. The van der Waals surface area contributed by atoms with Crippen molar-refractivity contribution in [3.8, 4) is 0 Å². The Morgan fingerprint density at radius 1 is 0.841 bits per heavy atom. The van der Waals surface area contributed by atoms with Crippen LogP contribution in [0, 0.1) is 12.7 Å². The minimum absolute atomic E-state index is 0.0490. The molecule has 0 unspecified atom stereocenters. The van der Waals surface area contributed by atoms with Crippen LogP contribution in [0.4, 0.5) is 10.1 Å². The van der Waals surface area contributed by atoms with Gasteiger partial charge in [-0.15, -0.1) is 0 Å². The Morgan fingerprint density at radius 3 is 2.07 bits per heavy atom. The fourth-order valence-corrected chi connectivity index (χ4v) is 6.30. The number of anilines is 1. The number of nitrogens with one attached hydrogen (secondary N) is 1. The highest BCUT2D eigenvalue weighted by atomic mass is 32.2. The maximum Gasteiger partial charge on any atom is 0.264 e. The molecule has 0 fully saturated rings. The number of hydrogen-bond acceptors (Lipinski definition) is 4. The lowest BCUT2D eigenvalue weighted by Crippen LogP contribution is -2.54. The lowest BCUT2D eigenvalue weighted by Gasteiger charge is -2.34. The molecule has 0 heterocycles. The van der Waals surface area contributed by atoms with Gasteiger partial charge in [-0.25, -0.2) is 12.8 Å². The Bertz CT molecular complexity index is 1670. The molecular weight excluding hydrogens is 577 g/mol. The van der Waals surface area contributed by atoms with Crippen molar-refractivity contribution in [1.29, 1.82) is 0 Å². The summed E-state index contributed by atoms with van der Waals surface area (Å²) in [7, 11) is -4.37. The lowest BCUT2D eigenvalue weighted by atomic mass is 10.0. The molecule has 7 nitrogen and oxygen atoms in total. The predicted molar refractivity (Wildman–Crippen MR) is 171 cm³/mol. The highest BCUT2D eigenvalue weighted by Crippen LogP contribution is 2.27. The average molecular weight is 616 g/mol. The molecule has 4 rings (SSSR count). The molecule has 0 saturated heterocycles. The number of hydrogen-bond donors (Lipinski definition) is 1. The van der Waals surface area contributed by atoms with E-state index in [0.717, 1.165) is 27.1 Å². The zero-order valence-corrected chi connectivity index (χ0v) is 26.0. The molecule has 9 heteroatoms. The third-order valence-electron chi connectivity index (χ3n) is 7.61.